The highest BCUT2D eigenvalue weighted by Crippen LogP contribution is 2.30. The molecule has 0 aliphatic heterocycles. The quantitative estimate of drug-likeness (QED) is 0.757. The molecule has 1 heterocycles. The van der Waals surface area contributed by atoms with Crippen molar-refractivity contribution in [3.63, 3.8) is 0 Å². The van der Waals surface area contributed by atoms with Crippen molar-refractivity contribution in [1.82, 2.24) is 9.97 Å². The van der Waals surface area contributed by atoms with Crippen LogP contribution in [-0.2, 0) is 5.41 Å². The van der Waals surface area contributed by atoms with Gasteiger partial charge in [-0.25, -0.2) is 4.98 Å². The van der Waals surface area contributed by atoms with Crippen LogP contribution in [0, 0.1) is 0 Å². The van der Waals surface area contributed by atoms with Crippen LogP contribution in [0.15, 0.2) is 36.5 Å². The summed E-state index contributed by atoms with van der Waals surface area (Å²) in [5, 5.41) is 6.67. The number of benzene rings is 1. The summed E-state index contributed by atoms with van der Waals surface area (Å²) in [5.41, 5.74) is 2.45. The van der Waals surface area contributed by atoms with Gasteiger partial charge in [-0.15, -0.1) is 0 Å². The maximum atomic E-state index is 4.53. The molecule has 0 atom stereocenters. The third kappa shape index (κ3) is 4.45. The molecule has 0 aliphatic carbocycles. The smallest absolute Gasteiger partial charge is 0.224 e. The summed E-state index contributed by atoms with van der Waals surface area (Å²) in [4.78, 5) is 8.79. The molecule has 0 amide bonds. The fraction of sp³-hybridized carbons (Fsp3) is 0.444. The minimum atomic E-state index is 0.0822. The van der Waals surface area contributed by atoms with E-state index in [4.69, 9.17) is 0 Å². The first-order valence-corrected chi connectivity index (χ1v) is 7.94. The van der Waals surface area contributed by atoms with Crippen LogP contribution >= 0.6 is 0 Å². The van der Waals surface area contributed by atoms with Gasteiger partial charge in [0, 0.05) is 18.4 Å². The van der Waals surface area contributed by atoms with Crippen LogP contribution in [0.2, 0.25) is 0 Å². The zero-order chi connectivity index (χ0) is 16.0. The molecule has 1 aromatic heterocycles. The predicted molar refractivity (Wildman–Crippen MR) is 93.9 cm³/mol. The minimum absolute atomic E-state index is 0.0822. The van der Waals surface area contributed by atoms with Crippen molar-refractivity contribution in [1.29, 1.82) is 0 Å². The lowest BCUT2D eigenvalue weighted by atomic mass is 9.86. The van der Waals surface area contributed by atoms with Crippen molar-refractivity contribution in [2.24, 2.45) is 0 Å². The molecule has 0 fully saturated rings. The standard InChI is InChI=1S/C18H26N4/c1-5-6-12-19-17-20-13-11-16(22-17)21-15-10-8-7-9-14(15)18(2,3)4/h7-11,13H,5-6,12H2,1-4H3,(H2,19,20,21,22). The number of para-hydroxylation sites is 1. The lowest BCUT2D eigenvalue weighted by Gasteiger charge is -2.23. The van der Waals surface area contributed by atoms with E-state index in [-0.39, 0.29) is 5.41 Å². The van der Waals surface area contributed by atoms with Crippen LogP contribution in [0.5, 0.6) is 0 Å². The van der Waals surface area contributed by atoms with Gasteiger partial charge in [0.15, 0.2) is 0 Å². The normalized spacial score (nSPS) is 11.3. The summed E-state index contributed by atoms with van der Waals surface area (Å²) in [7, 11) is 0. The number of aromatic nitrogens is 2. The molecule has 0 bridgehead atoms. The largest absolute Gasteiger partial charge is 0.354 e. The Bertz CT molecular complexity index is 602. The summed E-state index contributed by atoms with van der Waals surface area (Å²) >= 11 is 0. The highest BCUT2D eigenvalue weighted by Gasteiger charge is 2.17. The van der Waals surface area contributed by atoms with E-state index < -0.39 is 0 Å². The van der Waals surface area contributed by atoms with Crippen molar-refractivity contribution in [3.05, 3.63) is 42.1 Å². The van der Waals surface area contributed by atoms with Crippen LogP contribution in [0.4, 0.5) is 17.5 Å². The summed E-state index contributed by atoms with van der Waals surface area (Å²) < 4.78 is 0. The number of rotatable bonds is 6. The number of hydrogen-bond donors (Lipinski definition) is 2. The Morgan fingerprint density at radius 3 is 2.59 bits per heavy atom. The maximum Gasteiger partial charge on any atom is 0.224 e. The Labute approximate surface area is 133 Å². The molecule has 22 heavy (non-hydrogen) atoms. The van der Waals surface area contributed by atoms with Crippen LogP contribution in [-0.4, -0.2) is 16.5 Å². The SMILES string of the molecule is CCCCNc1nccc(Nc2ccccc2C(C)(C)C)n1. The summed E-state index contributed by atoms with van der Waals surface area (Å²) in [5.74, 6) is 1.48. The Balaban J connectivity index is 2.16. The van der Waals surface area contributed by atoms with E-state index in [0.717, 1.165) is 30.9 Å². The molecule has 0 unspecified atom stereocenters. The molecule has 0 radical (unpaired) electrons. The number of nitrogens with one attached hydrogen (secondary N) is 2. The number of nitrogens with zero attached hydrogens (tertiary/aromatic N) is 2. The molecule has 2 aromatic rings. The Hall–Kier alpha value is -2.10. The van der Waals surface area contributed by atoms with Crippen LogP contribution in [0.3, 0.4) is 0 Å². The summed E-state index contributed by atoms with van der Waals surface area (Å²) in [6.07, 6.45) is 4.06. The molecule has 0 spiro atoms. The first-order chi connectivity index (χ1) is 10.5. The van der Waals surface area contributed by atoms with E-state index in [1.165, 1.54) is 5.56 Å². The molecule has 0 aliphatic rings. The van der Waals surface area contributed by atoms with Crippen LogP contribution in [0.1, 0.15) is 46.1 Å². The second-order valence-corrected chi connectivity index (χ2v) is 6.47. The van der Waals surface area contributed by atoms with Crippen molar-refractivity contribution in [2.75, 3.05) is 17.2 Å². The maximum absolute atomic E-state index is 4.53. The van der Waals surface area contributed by atoms with E-state index >= 15 is 0 Å². The topological polar surface area (TPSA) is 49.8 Å². The number of hydrogen-bond acceptors (Lipinski definition) is 4. The van der Waals surface area contributed by atoms with Gasteiger partial charge in [-0.2, -0.15) is 4.98 Å². The van der Waals surface area contributed by atoms with Crippen molar-refractivity contribution >= 4 is 17.5 Å². The highest BCUT2D eigenvalue weighted by molar-refractivity contribution is 5.62. The molecule has 4 heteroatoms. The zero-order valence-corrected chi connectivity index (χ0v) is 14.0. The van der Waals surface area contributed by atoms with Gasteiger partial charge in [0.05, 0.1) is 0 Å². The molecular weight excluding hydrogens is 272 g/mol. The average molecular weight is 298 g/mol. The molecule has 4 nitrogen and oxygen atoms in total. The van der Waals surface area contributed by atoms with Crippen molar-refractivity contribution in [3.8, 4) is 0 Å². The third-order valence-corrected chi connectivity index (χ3v) is 3.47. The Morgan fingerprint density at radius 1 is 1.09 bits per heavy atom. The van der Waals surface area contributed by atoms with Gasteiger partial charge in [0.2, 0.25) is 5.95 Å². The van der Waals surface area contributed by atoms with Gasteiger partial charge in [-0.05, 0) is 29.5 Å². The Morgan fingerprint density at radius 2 is 1.86 bits per heavy atom. The van der Waals surface area contributed by atoms with E-state index in [1.54, 1.807) is 6.20 Å². The van der Waals surface area contributed by atoms with Crippen molar-refractivity contribution in [2.45, 2.75) is 46.0 Å². The van der Waals surface area contributed by atoms with Gasteiger partial charge >= 0.3 is 0 Å². The van der Waals surface area contributed by atoms with E-state index in [2.05, 4.69) is 66.5 Å². The van der Waals surface area contributed by atoms with E-state index in [0.29, 0.717) is 5.95 Å². The van der Waals surface area contributed by atoms with Gasteiger partial charge in [-0.3, -0.25) is 0 Å². The Kier molecular flexibility index (Phi) is 5.36. The number of anilines is 3. The zero-order valence-electron chi connectivity index (χ0n) is 14.0. The molecule has 2 rings (SSSR count). The third-order valence-electron chi connectivity index (χ3n) is 3.47. The van der Waals surface area contributed by atoms with Crippen LogP contribution < -0.4 is 10.6 Å². The van der Waals surface area contributed by atoms with Gasteiger partial charge < -0.3 is 10.6 Å². The van der Waals surface area contributed by atoms with Crippen LogP contribution in [0.25, 0.3) is 0 Å². The van der Waals surface area contributed by atoms with Gasteiger partial charge in [0.1, 0.15) is 5.82 Å². The molecular formula is C18H26N4. The average Bonchev–Trinajstić information content (AvgIpc) is 2.47. The lowest BCUT2D eigenvalue weighted by molar-refractivity contribution is 0.592. The van der Waals surface area contributed by atoms with Crippen molar-refractivity contribution < 1.29 is 0 Å². The van der Waals surface area contributed by atoms with E-state index in [1.807, 2.05) is 12.1 Å². The molecule has 0 saturated carbocycles. The predicted octanol–water partition coefficient (Wildman–Crippen LogP) is 4.73. The van der Waals surface area contributed by atoms with Gasteiger partial charge in [-0.1, -0.05) is 52.3 Å². The molecule has 0 saturated heterocycles. The van der Waals surface area contributed by atoms with E-state index in [9.17, 15) is 0 Å². The monoisotopic (exact) mass is 298 g/mol. The minimum Gasteiger partial charge on any atom is -0.354 e. The van der Waals surface area contributed by atoms with Gasteiger partial charge in [0.25, 0.3) is 0 Å². The summed E-state index contributed by atoms with van der Waals surface area (Å²) in [6, 6.07) is 10.3. The number of unbranched alkanes of at least 4 members (excludes halogenated alkanes) is 1. The molecule has 118 valence electrons. The first-order valence-electron chi connectivity index (χ1n) is 7.94. The fourth-order valence-corrected chi connectivity index (χ4v) is 2.27. The second-order valence-electron chi connectivity index (χ2n) is 6.47. The second kappa shape index (κ2) is 7.25. The first kappa shape index (κ1) is 16.3. The summed E-state index contributed by atoms with van der Waals surface area (Å²) in [6.45, 7) is 9.71. The fourth-order valence-electron chi connectivity index (χ4n) is 2.27. The highest BCUT2D eigenvalue weighted by atomic mass is 15.1. The molecule has 2 N–H and O–H groups in total. The lowest BCUT2D eigenvalue weighted by Crippen LogP contribution is -2.14. The molecule has 1 aromatic carbocycles.